The van der Waals surface area contributed by atoms with Crippen LogP contribution in [0.3, 0.4) is 0 Å². The molecule has 36 heavy (non-hydrogen) atoms. The SMILES string of the molecule is O=C(c1ccc(-c2ccc(Cl)cc2)nc1)N1C[C@@H]2[C@H](C1)[C@H]1CN(C(=O)[C@@H]3CCc4[nH]nnc4C3)C[C@@H]21. The minimum atomic E-state index is 0.0151. The van der Waals surface area contributed by atoms with E-state index in [9.17, 15) is 9.59 Å². The summed E-state index contributed by atoms with van der Waals surface area (Å²) < 4.78 is 0. The quantitative estimate of drug-likeness (QED) is 0.594. The van der Waals surface area contributed by atoms with Crippen LogP contribution in [-0.4, -0.2) is 68.2 Å². The number of fused-ring (bicyclic) bond motifs is 5. The van der Waals surface area contributed by atoms with Crippen LogP contribution in [0.5, 0.6) is 0 Å². The number of aromatic amines is 1. The molecule has 2 saturated heterocycles. The summed E-state index contributed by atoms with van der Waals surface area (Å²) in [6, 6.07) is 11.3. The molecule has 2 aliphatic carbocycles. The van der Waals surface area contributed by atoms with Gasteiger partial charge in [0.2, 0.25) is 5.91 Å². The fourth-order valence-electron chi connectivity index (χ4n) is 6.97. The summed E-state index contributed by atoms with van der Waals surface area (Å²) in [5, 5.41) is 11.7. The average molecular weight is 503 g/mol. The molecule has 0 spiro atoms. The minimum absolute atomic E-state index is 0.0151. The van der Waals surface area contributed by atoms with E-state index in [0.29, 0.717) is 40.7 Å². The largest absolute Gasteiger partial charge is 0.342 e. The molecule has 2 aromatic heterocycles. The lowest BCUT2D eigenvalue weighted by atomic mass is 9.60. The Balaban J connectivity index is 0.971. The number of amides is 2. The van der Waals surface area contributed by atoms with E-state index < -0.39 is 0 Å². The first-order valence-corrected chi connectivity index (χ1v) is 13.1. The molecule has 2 amide bonds. The van der Waals surface area contributed by atoms with Gasteiger partial charge in [-0.3, -0.25) is 19.7 Å². The van der Waals surface area contributed by atoms with E-state index in [2.05, 4.69) is 25.3 Å². The molecule has 1 aromatic carbocycles. The van der Waals surface area contributed by atoms with Crippen molar-refractivity contribution in [2.45, 2.75) is 19.3 Å². The van der Waals surface area contributed by atoms with Crippen LogP contribution in [0.1, 0.15) is 28.2 Å². The molecular weight excluding hydrogens is 476 g/mol. The van der Waals surface area contributed by atoms with Crippen molar-refractivity contribution < 1.29 is 9.59 Å². The maximum Gasteiger partial charge on any atom is 0.255 e. The summed E-state index contributed by atoms with van der Waals surface area (Å²) in [6.45, 7) is 3.20. The molecule has 5 atom stereocenters. The van der Waals surface area contributed by atoms with E-state index in [1.807, 2.05) is 41.3 Å². The highest BCUT2D eigenvalue weighted by molar-refractivity contribution is 6.30. The van der Waals surface area contributed by atoms with E-state index in [4.69, 9.17) is 11.6 Å². The third kappa shape index (κ3) is 3.53. The Hall–Kier alpha value is -3.26. The van der Waals surface area contributed by atoms with Crippen LogP contribution in [0, 0.1) is 29.6 Å². The van der Waals surface area contributed by atoms with Crippen molar-refractivity contribution in [3.63, 3.8) is 0 Å². The monoisotopic (exact) mass is 502 g/mol. The number of aromatic nitrogens is 4. The Morgan fingerprint density at radius 2 is 1.61 bits per heavy atom. The highest BCUT2D eigenvalue weighted by Gasteiger charge is 2.59. The van der Waals surface area contributed by atoms with Crippen molar-refractivity contribution in [3.05, 3.63) is 64.6 Å². The predicted molar refractivity (Wildman–Crippen MR) is 133 cm³/mol. The van der Waals surface area contributed by atoms with Gasteiger partial charge in [0.15, 0.2) is 0 Å². The maximum absolute atomic E-state index is 13.3. The van der Waals surface area contributed by atoms with E-state index >= 15 is 0 Å². The number of nitrogens with zero attached hydrogens (tertiary/aromatic N) is 5. The normalized spacial score (nSPS) is 28.3. The Morgan fingerprint density at radius 3 is 2.28 bits per heavy atom. The van der Waals surface area contributed by atoms with E-state index in [1.54, 1.807) is 6.20 Å². The predicted octanol–water partition coefficient (Wildman–Crippen LogP) is 3.10. The Bertz CT molecular complexity index is 1300. The second-order valence-corrected chi connectivity index (χ2v) is 11.2. The van der Waals surface area contributed by atoms with Crippen LogP contribution in [0.15, 0.2) is 42.6 Å². The van der Waals surface area contributed by atoms with Crippen LogP contribution in [-0.2, 0) is 17.6 Å². The summed E-state index contributed by atoms with van der Waals surface area (Å²) >= 11 is 5.98. The molecule has 4 heterocycles. The van der Waals surface area contributed by atoms with Gasteiger partial charge in [0.25, 0.3) is 5.91 Å². The zero-order valence-electron chi connectivity index (χ0n) is 19.8. The number of hydrogen-bond donors (Lipinski definition) is 1. The van der Waals surface area contributed by atoms with Gasteiger partial charge in [-0.1, -0.05) is 28.9 Å². The molecule has 0 unspecified atom stereocenters. The molecule has 184 valence electrons. The number of rotatable bonds is 3. The topological polar surface area (TPSA) is 95.1 Å². The van der Waals surface area contributed by atoms with Crippen LogP contribution in [0.4, 0.5) is 0 Å². The Labute approximate surface area is 214 Å². The molecule has 7 rings (SSSR count). The van der Waals surface area contributed by atoms with Gasteiger partial charge in [0.1, 0.15) is 0 Å². The Kier molecular flexibility index (Phi) is 5.13. The number of halogens is 1. The number of nitrogens with one attached hydrogen (secondary N) is 1. The Morgan fingerprint density at radius 1 is 0.917 bits per heavy atom. The summed E-state index contributed by atoms with van der Waals surface area (Å²) in [6.07, 6.45) is 4.08. The molecule has 2 aliphatic heterocycles. The van der Waals surface area contributed by atoms with Crippen molar-refractivity contribution >= 4 is 23.4 Å². The minimum Gasteiger partial charge on any atom is -0.342 e. The lowest BCUT2D eigenvalue weighted by molar-refractivity contribution is -0.135. The van der Waals surface area contributed by atoms with Gasteiger partial charge in [-0.05, 0) is 60.8 Å². The summed E-state index contributed by atoms with van der Waals surface area (Å²) in [7, 11) is 0. The maximum atomic E-state index is 13.3. The third-order valence-electron chi connectivity index (χ3n) is 8.91. The number of pyridine rings is 1. The van der Waals surface area contributed by atoms with Gasteiger partial charge in [0.05, 0.1) is 22.6 Å². The molecule has 1 N–H and O–H groups in total. The molecule has 3 aromatic rings. The third-order valence-corrected chi connectivity index (χ3v) is 9.16. The van der Waals surface area contributed by atoms with Crippen LogP contribution in [0.2, 0.25) is 5.02 Å². The second-order valence-electron chi connectivity index (χ2n) is 10.7. The highest BCUT2D eigenvalue weighted by atomic mass is 35.5. The number of carbonyl (C=O) groups is 2. The van der Waals surface area contributed by atoms with Crippen LogP contribution < -0.4 is 0 Å². The standard InChI is InChI=1S/C27H27ClN6O2/c28-18-5-1-15(2-6-18)23-7-4-17(10-29-23)27(36)34-13-21-19-11-33(12-20(19)22(21)14-34)26(35)16-3-8-24-25(9-16)31-32-30-24/h1-2,4-7,10,16,19-22H,3,8-9,11-14H2,(H,30,31,32)/t16-,19-,20+,21+,22-/m1/s1. The second kappa shape index (κ2) is 8.40. The van der Waals surface area contributed by atoms with Crippen molar-refractivity contribution in [2.75, 3.05) is 26.2 Å². The highest BCUT2D eigenvalue weighted by Crippen LogP contribution is 2.54. The number of carbonyl (C=O) groups excluding carboxylic acids is 2. The number of aryl methyl sites for hydroxylation is 1. The molecular formula is C27H27ClN6O2. The number of H-pyrrole nitrogens is 1. The van der Waals surface area contributed by atoms with Crippen molar-refractivity contribution in [2.24, 2.45) is 29.6 Å². The summed E-state index contributed by atoms with van der Waals surface area (Å²) in [4.78, 5) is 35.1. The molecule has 9 heteroatoms. The number of likely N-dealkylation sites (tertiary alicyclic amines) is 2. The van der Waals surface area contributed by atoms with Gasteiger partial charge >= 0.3 is 0 Å². The fourth-order valence-corrected chi connectivity index (χ4v) is 7.10. The van der Waals surface area contributed by atoms with E-state index in [0.717, 1.165) is 61.7 Å². The average Bonchev–Trinajstić information content (AvgIpc) is 3.62. The lowest BCUT2D eigenvalue weighted by Gasteiger charge is -2.42. The summed E-state index contributed by atoms with van der Waals surface area (Å²) in [5.74, 6) is 2.34. The van der Waals surface area contributed by atoms with Crippen LogP contribution >= 0.6 is 11.6 Å². The van der Waals surface area contributed by atoms with Crippen LogP contribution in [0.25, 0.3) is 11.3 Å². The van der Waals surface area contributed by atoms with E-state index in [-0.39, 0.29) is 17.7 Å². The first-order chi connectivity index (χ1) is 17.5. The molecule has 4 aliphatic rings. The molecule has 3 fully saturated rings. The van der Waals surface area contributed by atoms with Crippen molar-refractivity contribution in [1.82, 2.24) is 30.2 Å². The number of hydrogen-bond acceptors (Lipinski definition) is 5. The molecule has 0 radical (unpaired) electrons. The first-order valence-electron chi connectivity index (χ1n) is 12.7. The van der Waals surface area contributed by atoms with Crippen molar-refractivity contribution in [1.29, 1.82) is 0 Å². The van der Waals surface area contributed by atoms with Gasteiger partial charge < -0.3 is 9.80 Å². The smallest absolute Gasteiger partial charge is 0.255 e. The fraction of sp³-hybridized carbons (Fsp3) is 0.444. The van der Waals surface area contributed by atoms with Gasteiger partial charge in [-0.2, -0.15) is 0 Å². The lowest BCUT2D eigenvalue weighted by Crippen LogP contribution is -2.44. The van der Waals surface area contributed by atoms with Crippen molar-refractivity contribution in [3.8, 4) is 11.3 Å². The number of benzene rings is 1. The van der Waals surface area contributed by atoms with Gasteiger partial charge in [-0.25, -0.2) is 0 Å². The van der Waals surface area contributed by atoms with Gasteiger partial charge in [0, 0.05) is 55.3 Å². The zero-order valence-corrected chi connectivity index (χ0v) is 20.6. The summed E-state index contributed by atoms with van der Waals surface area (Å²) in [5.41, 5.74) is 4.44. The van der Waals surface area contributed by atoms with Gasteiger partial charge in [-0.15, -0.1) is 5.10 Å². The zero-order chi connectivity index (χ0) is 24.4. The van der Waals surface area contributed by atoms with E-state index in [1.165, 1.54) is 0 Å². The molecule has 8 nitrogen and oxygen atoms in total. The molecule has 0 bridgehead atoms. The first kappa shape index (κ1) is 22.0. The molecule has 1 saturated carbocycles.